The normalized spacial score (nSPS) is 58.2. The average molecular weight is 351 g/mol. The van der Waals surface area contributed by atoms with E-state index in [-0.39, 0.29) is 5.60 Å². The number of hydrogen-bond acceptors (Lipinski definition) is 2. The van der Waals surface area contributed by atoms with Gasteiger partial charge in [-0.25, -0.2) is 0 Å². The molecule has 0 radical (unpaired) electrons. The number of carbonyl (C=O) groups is 1. The highest BCUT2D eigenvalue weighted by Crippen LogP contribution is 2.80. The van der Waals surface area contributed by atoms with Crippen LogP contribution in [-0.4, -0.2) is 18.0 Å². The van der Waals surface area contributed by atoms with E-state index in [1.165, 1.54) is 32.1 Å². The van der Waals surface area contributed by atoms with Crippen molar-refractivity contribution >= 4 is 5.78 Å². The molecule has 0 saturated heterocycles. The predicted octanol–water partition coefficient (Wildman–Crippen LogP) is 4.70. The molecule has 0 amide bonds. The van der Waals surface area contributed by atoms with E-state index in [4.69, 9.17) is 4.74 Å². The maximum Gasteiger partial charge on any atom is 0.137 e. The summed E-state index contributed by atoms with van der Waals surface area (Å²) in [5.41, 5.74) is 3.90. The van der Waals surface area contributed by atoms with Gasteiger partial charge in [0.05, 0.1) is 12.2 Å². The van der Waals surface area contributed by atoms with Gasteiger partial charge in [0, 0.05) is 18.3 Å². The second kappa shape index (κ2) is 4.57. The standard InChI is InChI=1S/C24H30O2/c1-2-23-8-6-15-14-5-4-13(25)10-16(14)17-11-18(17)21(15)22(23)19-12-20(19)24(23)7-3-9-26-24/h3,7,15,17-22H,2,4-6,8-12H2,1H3/t15?,17-,18-,19+,20-,21?,22?,23-,24-/m0/s1. The third-order valence-corrected chi connectivity index (χ3v) is 10.2. The van der Waals surface area contributed by atoms with E-state index in [1.54, 1.807) is 11.1 Å². The fourth-order valence-corrected chi connectivity index (χ4v) is 9.36. The molecule has 4 fully saturated rings. The summed E-state index contributed by atoms with van der Waals surface area (Å²) in [5, 5.41) is 0. The van der Waals surface area contributed by atoms with Gasteiger partial charge < -0.3 is 4.74 Å². The highest BCUT2D eigenvalue weighted by molar-refractivity contribution is 5.83. The van der Waals surface area contributed by atoms with Crippen molar-refractivity contribution in [3.05, 3.63) is 23.3 Å². The molecule has 3 unspecified atom stereocenters. The number of hydrogen-bond donors (Lipinski definition) is 0. The second-order valence-corrected chi connectivity index (χ2v) is 10.5. The van der Waals surface area contributed by atoms with Crippen molar-refractivity contribution in [3.63, 3.8) is 0 Å². The minimum Gasteiger partial charge on any atom is -0.366 e. The first kappa shape index (κ1) is 15.1. The van der Waals surface area contributed by atoms with E-state index in [2.05, 4.69) is 19.1 Å². The molecular weight excluding hydrogens is 320 g/mol. The Morgan fingerprint density at radius 2 is 2.08 bits per heavy atom. The minimum atomic E-state index is 0.0869. The summed E-state index contributed by atoms with van der Waals surface area (Å²) in [5.74, 6) is 6.56. The summed E-state index contributed by atoms with van der Waals surface area (Å²) in [7, 11) is 0. The third kappa shape index (κ3) is 1.49. The fourth-order valence-electron chi connectivity index (χ4n) is 9.36. The Kier molecular flexibility index (Phi) is 2.65. The Morgan fingerprint density at radius 3 is 2.88 bits per heavy atom. The van der Waals surface area contributed by atoms with Crippen molar-refractivity contribution in [2.45, 2.75) is 63.9 Å². The largest absolute Gasteiger partial charge is 0.366 e. The molecule has 0 aromatic carbocycles. The van der Waals surface area contributed by atoms with E-state index < -0.39 is 0 Å². The lowest BCUT2D eigenvalue weighted by Crippen LogP contribution is -2.55. The number of ketones is 1. The first-order valence-electron chi connectivity index (χ1n) is 11.3. The Labute approximate surface area is 156 Å². The lowest BCUT2D eigenvalue weighted by atomic mass is 9.49. The van der Waals surface area contributed by atoms with E-state index >= 15 is 0 Å². The van der Waals surface area contributed by atoms with Gasteiger partial charge >= 0.3 is 0 Å². The Morgan fingerprint density at radius 1 is 1.15 bits per heavy atom. The zero-order valence-electron chi connectivity index (χ0n) is 15.9. The third-order valence-electron chi connectivity index (χ3n) is 10.2. The molecule has 4 saturated carbocycles. The van der Waals surface area contributed by atoms with Gasteiger partial charge in [-0.1, -0.05) is 30.2 Å². The van der Waals surface area contributed by atoms with Crippen molar-refractivity contribution in [1.29, 1.82) is 0 Å². The zero-order chi connectivity index (χ0) is 17.3. The second-order valence-electron chi connectivity index (χ2n) is 10.5. The van der Waals surface area contributed by atoms with Crippen LogP contribution in [0.4, 0.5) is 0 Å². The Bertz CT molecular complexity index is 777. The van der Waals surface area contributed by atoms with Gasteiger partial charge in [0.25, 0.3) is 0 Å². The first-order valence-corrected chi connectivity index (χ1v) is 11.3. The van der Waals surface area contributed by atoms with Gasteiger partial charge in [0.2, 0.25) is 0 Å². The van der Waals surface area contributed by atoms with Gasteiger partial charge in [-0.2, -0.15) is 0 Å². The number of fused-ring (bicyclic) bond motifs is 11. The van der Waals surface area contributed by atoms with Crippen molar-refractivity contribution < 1.29 is 9.53 Å². The van der Waals surface area contributed by atoms with Crippen LogP contribution in [0.3, 0.4) is 0 Å². The minimum absolute atomic E-state index is 0.0869. The fraction of sp³-hybridized carbons (Fsp3) is 0.792. The zero-order valence-corrected chi connectivity index (χ0v) is 15.9. The highest BCUT2D eigenvalue weighted by atomic mass is 16.5. The molecule has 26 heavy (non-hydrogen) atoms. The average Bonchev–Trinajstić information content (AvgIpc) is 3.56. The summed E-state index contributed by atoms with van der Waals surface area (Å²) < 4.78 is 6.60. The lowest BCUT2D eigenvalue weighted by Gasteiger charge is -2.57. The van der Waals surface area contributed by atoms with Gasteiger partial charge in [0.15, 0.2) is 0 Å². The molecule has 0 bridgehead atoms. The van der Waals surface area contributed by atoms with Crippen molar-refractivity contribution in [1.82, 2.24) is 0 Å². The molecule has 7 rings (SSSR count). The van der Waals surface area contributed by atoms with Crippen LogP contribution in [0.25, 0.3) is 0 Å². The molecule has 1 heterocycles. The number of allylic oxidation sites excluding steroid dienone is 2. The summed E-state index contributed by atoms with van der Waals surface area (Å²) in [6.07, 6.45) is 14.4. The molecule has 7 aliphatic rings. The number of ether oxygens (including phenoxy) is 1. The van der Waals surface area contributed by atoms with Crippen LogP contribution in [-0.2, 0) is 9.53 Å². The summed E-state index contributed by atoms with van der Waals surface area (Å²) in [6, 6.07) is 0. The maximum absolute atomic E-state index is 12.1. The van der Waals surface area contributed by atoms with E-state index in [0.29, 0.717) is 11.2 Å². The van der Waals surface area contributed by atoms with Crippen LogP contribution in [0.5, 0.6) is 0 Å². The molecular formula is C24H30O2. The summed E-state index contributed by atoms with van der Waals surface area (Å²) >= 11 is 0. The topological polar surface area (TPSA) is 26.3 Å². The van der Waals surface area contributed by atoms with Crippen LogP contribution in [0.1, 0.15) is 58.3 Å². The predicted molar refractivity (Wildman–Crippen MR) is 99.3 cm³/mol. The molecule has 2 heteroatoms. The lowest BCUT2D eigenvalue weighted by molar-refractivity contribution is -0.136. The van der Waals surface area contributed by atoms with Crippen LogP contribution < -0.4 is 0 Å². The van der Waals surface area contributed by atoms with E-state index in [1.807, 2.05) is 0 Å². The summed E-state index contributed by atoms with van der Waals surface area (Å²) in [4.78, 5) is 12.1. The molecule has 2 nitrogen and oxygen atoms in total. The van der Waals surface area contributed by atoms with Gasteiger partial charge in [0.1, 0.15) is 5.78 Å². The van der Waals surface area contributed by atoms with Crippen LogP contribution in [0, 0.1) is 46.8 Å². The van der Waals surface area contributed by atoms with Gasteiger partial charge in [-0.05, 0) is 80.0 Å². The van der Waals surface area contributed by atoms with Crippen molar-refractivity contribution in [2.75, 3.05) is 6.61 Å². The van der Waals surface area contributed by atoms with Gasteiger partial charge in [-0.3, -0.25) is 4.79 Å². The molecule has 6 aliphatic carbocycles. The molecule has 138 valence electrons. The van der Waals surface area contributed by atoms with Gasteiger partial charge in [-0.15, -0.1) is 0 Å². The molecule has 1 spiro atoms. The van der Waals surface area contributed by atoms with Crippen molar-refractivity contribution in [3.8, 4) is 0 Å². The highest BCUT2D eigenvalue weighted by Gasteiger charge is 2.78. The Hall–Kier alpha value is -0.890. The SMILES string of the molecule is CC[C@]12CCC3C4=C(CC(=O)CC4)[C@@H]4C[C@@H]4C3C1[C@@H]1C[C@@H]1[C@@]21C=CCO1. The maximum atomic E-state index is 12.1. The van der Waals surface area contributed by atoms with E-state index in [9.17, 15) is 4.79 Å². The van der Waals surface area contributed by atoms with Crippen molar-refractivity contribution in [2.24, 2.45) is 46.8 Å². The Balaban J connectivity index is 1.35. The molecule has 9 atom stereocenters. The number of rotatable bonds is 1. The molecule has 1 aliphatic heterocycles. The first-order chi connectivity index (χ1) is 12.7. The number of carbonyl (C=O) groups excluding carboxylic acids is 1. The number of Topliss-reactive ketones (excluding diaryl/α,β-unsaturated/α-hetero) is 1. The molecule has 0 aromatic heterocycles. The summed E-state index contributed by atoms with van der Waals surface area (Å²) in [6.45, 7) is 3.29. The van der Waals surface area contributed by atoms with Crippen LogP contribution >= 0.6 is 0 Å². The van der Waals surface area contributed by atoms with Crippen LogP contribution in [0.15, 0.2) is 23.3 Å². The van der Waals surface area contributed by atoms with Crippen LogP contribution in [0.2, 0.25) is 0 Å². The smallest absolute Gasteiger partial charge is 0.137 e. The molecule has 0 N–H and O–H groups in total. The van der Waals surface area contributed by atoms with E-state index in [0.717, 1.165) is 67.3 Å². The quantitative estimate of drug-likeness (QED) is 0.641. The monoisotopic (exact) mass is 350 g/mol. The molecule has 0 aromatic rings.